The van der Waals surface area contributed by atoms with Crippen molar-refractivity contribution in [1.82, 2.24) is 14.9 Å². The first-order valence-corrected chi connectivity index (χ1v) is 9.44. The molecular weight excluding hydrogens is 384 g/mol. The summed E-state index contributed by atoms with van der Waals surface area (Å²) in [7, 11) is 0. The number of rotatable bonds is 5. The number of likely N-dealkylation sites (tertiary alicyclic amines) is 1. The standard InChI is InChI=1S/C21H20N6O3/c1-2-17(28)27-11-21(12-27)7-8-26(10-21)19-15(9-22)20(25-13-24-19)30-16-6-4-3-5-14(16)18(23)29/h2-6,13H,1,7-8,10-12H2,(H2,23,29). The highest BCUT2D eigenvalue weighted by atomic mass is 16.5. The van der Waals surface area contributed by atoms with E-state index in [9.17, 15) is 14.9 Å². The van der Waals surface area contributed by atoms with Crippen LogP contribution in [0.5, 0.6) is 11.6 Å². The Labute approximate surface area is 173 Å². The van der Waals surface area contributed by atoms with Crippen molar-refractivity contribution in [2.45, 2.75) is 6.42 Å². The SMILES string of the molecule is C=CC(=O)N1CC2(CCN(c3ncnc(Oc4ccccc4C(N)=O)c3C#N)C2)C1. The molecule has 2 aliphatic heterocycles. The van der Waals surface area contributed by atoms with Gasteiger partial charge in [-0.1, -0.05) is 18.7 Å². The second-order valence-electron chi connectivity index (χ2n) is 7.52. The first-order valence-electron chi connectivity index (χ1n) is 9.44. The number of nitrogens with two attached hydrogens (primary N) is 1. The van der Waals surface area contributed by atoms with Crippen molar-refractivity contribution in [2.24, 2.45) is 11.1 Å². The molecule has 1 aromatic carbocycles. The molecule has 152 valence electrons. The first kappa shape index (κ1) is 19.4. The molecule has 0 aliphatic carbocycles. The van der Waals surface area contributed by atoms with E-state index in [-0.39, 0.29) is 34.1 Å². The van der Waals surface area contributed by atoms with E-state index in [4.69, 9.17) is 10.5 Å². The maximum Gasteiger partial charge on any atom is 0.252 e. The number of nitriles is 1. The molecule has 2 amide bonds. The third-order valence-corrected chi connectivity index (χ3v) is 5.54. The van der Waals surface area contributed by atoms with Crippen LogP contribution >= 0.6 is 0 Å². The maximum absolute atomic E-state index is 11.8. The molecule has 0 saturated carbocycles. The van der Waals surface area contributed by atoms with Gasteiger partial charge in [0.1, 0.15) is 18.1 Å². The minimum absolute atomic E-state index is 0.00403. The van der Waals surface area contributed by atoms with Crippen molar-refractivity contribution in [3.63, 3.8) is 0 Å². The molecule has 9 heteroatoms. The van der Waals surface area contributed by atoms with Crippen LogP contribution in [0.2, 0.25) is 0 Å². The summed E-state index contributed by atoms with van der Waals surface area (Å²) in [6.45, 7) is 6.24. The van der Waals surface area contributed by atoms with E-state index >= 15 is 0 Å². The molecule has 0 unspecified atom stereocenters. The van der Waals surface area contributed by atoms with Crippen molar-refractivity contribution < 1.29 is 14.3 Å². The van der Waals surface area contributed by atoms with Gasteiger partial charge in [-0.3, -0.25) is 9.59 Å². The highest BCUT2D eigenvalue weighted by Crippen LogP contribution is 2.42. The zero-order chi connectivity index (χ0) is 21.3. The van der Waals surface area contributed by atoms with Crippen LogP contribution < -0.4 is 15.4 Å². The van der Waals surface area contributed by atoms with Crippen LogP contribution in [0.3, 0.4) is 0 Å². The van der Waals surface area contributed by atoms with Crippen LogP contribution in [0.1, 0.15) is 22.3 Å². The van der Waals surface area contributed by atoms with Gasteiger partial charge in [-0.15, -0.1) is 0 Å². The van der Waals surface area contributed by atoms with Gasteiger partial charge in [0, 0.05) is 31.6 Å². The third-order valence-electron chi connectivity index (χ3n) is 5.54. The quantitative estimate of drug-likeness (QED) is 0.748. The second kappa shape index (κ2) is 7.48. The summed E-state index contributed by atoms with van der Waals surface area (Å²) in [5.41, 5.74) is 5.78. The van der Waals surface area contributed by atoms with E-state index in [1.807, 2.05) is 4.90 Å². The number of para-hydroxylation sites is 1. The zero-order valence-corrected chi connectivity index (χ0v) is 16.2. The lowest BCUT2D eigenvalue weighted by molar-refractivity contribution is -0.136. The Morgan fingerprint density at radius 3 is 2.73 bits per heavy atom. The molecule has 9 nitrogen and oxygen atoms in total. The second-order valence-corrected chi connectivity index (χ2v) is 7.52. The number of carbonyl (C=O) groups excluding carboxylic acids is 2. The molecule has 4 rings (SSSR count). The number of nitrogens with zero attached hydrogens (tertiary/aromatic N) is 5. The van der Waals surface area contributed by atoms with Gasteiger partial charge in [0.05, 0.1) is 5.56 Å². The Kier molecular flexibility index (Phi) is 4.83. The van der Waals surface area contributed by atoms with Crippen LogP contribution in [0.25, 0.3) is 0 Å². The van der Waals surface area contributed by atoms with E-state index < -0.39 is 5.91 Å². The number of anilines is 1. The molecule has 0 bridgehead atoms. The Morgan fingerprint density at radius 2 is 2.03 bits per heavy atom. The van der Waals surface area contributed by atoms with Gasteiger partial charge in [-0.25, -0.2) is 9.97 Å². The lowest BCUT2D eigenvalue weighted by Gasteiger charge is -2.47. The summed E-state index contributed by atoms with van der Waals surface area (Å²) in [5.74, 6) is 0.0615. The number of hydrogen-bond donors (Lipinski definition) is 1. The Balaban J connectivity index is 1.57. The number of primary amides is 1. The van der Waals surface area contributed by atoms with Gasteiger partial charge < -0.3 is 20.3 Å². The van der Waals surface area contributed by atoms with Crippen molar-refractivity contribution in [2.75, 3.05) is 31.1 Å². The molecule has 3 heterocycles. The minimum atomic E-state index is -0.636. The molecule has 0 radical (unpaired) electrons. The largest absolute Gasteiger partial charge is 0.437 e. The van der Waals surface area contributed by atoms with Gasteiger partial charge in [-0.05, 0) is 24.6 Å². The molecule has 0 atom stereocenters. The number of amides is 2. The van der Waals surface area contributed by atoms with Crippen LogP contribution in [-0.4, -0.2) is 52.9 Å². The smallest absolute Gasteiger partial charge is 0.252 e. The lowest BCUT2D eigenvalue weighted by Crippen LogP contribution is -2.59. The Morgan fingerprint density at radius 1 is 1.27 bits per heavy atom. The average molecular weight is 404 g/mol. The third kappa shape index (κ3) is 3.33. The summed E-state index contributed by atoms with van der Waals surface area (Å²) in [6, 6.07) is 8.63. The molecule has 2 N–H and O–H groups in total. The van der Waals surface area contributed by atoms with Crippen LogP contribution in [0.15, 0.2) is 43.2 Å². The zero-order valence-electron chi connectivity index (χ0n) is 16.2. The van der Waals surface area contributed by atoms with Crippen molar-refractivity contribution >= 4 is 17.6 Å². The van der Waals surface area contributed by atoms with Gasteiger partial charge in [-0.2, -0.15) is 5.26 Å². The fraction of sp³-hybridized carbons (Fsp3) is 0.286. The highest BCUT2D eigenvalue weighted by Gasteiger charge is 2.49. The lowest BCUT2D eigenvalue weighted by atomic mass is 9.79. The summed E-state index contributed by atoms with van der Waals surface area (Å²) in [5, 5.41) is 9.77. The summed E-state index contributed by atoms with van der Waals surface area (Å²) < 4.78 is 5.78. The first-order chi connectivity index (χ1) is 14.5. The van der Waals surface area contributed by atoms with Gasteiger partial charge >= 0.3 is 0 Å². The number of carbonyl (C=O) groups is 2. The molecule has 2 aromatic rings. The number of hydrogen-bond acceptors (Lipinski definition) is 7. The van der Waals surface area contributed by atoms with Crippen LogP contribution in [0.4, 0.5) is 5.82 Å². The predicted octanol–water partition coefficient (Wildman–Crippen LogP) is 1.46. The van der Waals surface area contributed by atoms with E-state index in [0.29, 0.717) is 32.0 Å². The maximum atomic E-state index is 11.8. The normalized spacial score (nSPS) is 16.6. The molecule has 2 aliphatic rings. The summed E-state index contributed by atoms with van der Waals surface area (Å²) in [6.07, 6.45) is 3.55. The number of aromatic nitrogens is 2. The highest BCUT2D eigenvalue weighted by molar-refractivity contribution is 5.95. The van der Waals surface area contributed by atoms with E-state index in [1.54, 1.807) is 29.2 Å². The molecule has 1 spiro atoms. The summed E-state index contributed by atoms with van der Waals surface area (Å²) in [4.78, 5) is 35.6. The van der Waals surface area contributed by atoms with Crippen molar-refractivity contribution in [3.05, 3.63) is 54.4 Å². The summed E-state index contributed by atoms with van der Waals surface area (Å²) >= 11 is 0. The average Bonchev–Trinajstić information content (AvgIpc) is 3.18. The molecular formula is C21H20N6O3. The van der Waals surface area contributed by atoms with Crippen molar-refractivity contribution in [1.29, 1.82) is 5.26 Å². The van der Waals surface area contributed by atoms with E-state index in [2.05, 4.69) is 22.6 Å². The fourth-order valence-corrected chi connectivity index (χ4v) is 4.06. The van der Waals surface area contributed by atoms with Gasteiger partial charge in [0.15, 0.2) is 11.4 Å². The van der Waals surface area contributed by atoms with Crippen LogP contribution in [-0.2, 0) is 4.79 Å². The Bertz CT molecular complexity index is 1070. The topological polar surface area (TPSA) is 125 Å². The Hall–Kier alpha value is -3.93. The monoisotopic (exact) mass is 404 g/mol. The molecule has 2 fully saturated rings. The van der Waals surface area contributed by atoms with Crippen molar-refractivity contribution in [3.8, 4) is 17.7 Å². The van der Waals surface area contributed by atoms with Crippen LogP contribution in [0, 0.1) is 16.7 Å². The van der Waals surface area contributed by atoms with Gasteiger partial charge in [0.25, 0.3) is 5.91 Å². The molecule has 1 aromatic heterocycles. The minimum Gasteiger partial charge on any atom is -0.437 e. The van der Waals surface area contributed by atoms with E-state index in [0.717, 1.165) is 6.42 Å². The number of benzene rings is 1. The molecule has 2 saturated heterocycles. The fourth-order valence-electron chi connectivity index (χ4n) is 4.06. The molecule has 30 heavy (non-hydrogen) atoms. The number of ether oxygens (including phenoxy) is 1. The predicted molar refractivity (Wildman–Crippen MR) is 108 cm³/mol. The van der Waals surface area contributed by atoms with Gasteiger partial charge in [0.2, 0.25) is 11.8 Å². The van der Waals surface area contributed by atoms with E-state index in [1.165, 1.54) is 12.4 Å².